The summed E-state index contributed by atoms with van der Waals surface area (Å²) in [7, 11) is 0. The molecule has 0 bridgehead atoms. The van der Waals surface area contributed by atoms with Crippen LogP contribution in [-0.2, 0) is 5.60 Å². The molecule has 94 valence electrons. The number of aromatic nitrogens is 2. The van der Waals surface area contributed by atoms with Gasteiger partial charge in [-0.2, -0.15) is 0 Å². The van der Waals surface area contributed by atoms with Gasteiger partial charge in [0.25, 0.3) is 0 Å². The van der Waals surface area contributed by atoms with Crippen LogP contribution in [0.15, 0.2) is 61.2 Å². The molecule has 0 saturated heterocycles. The molecular formula is C16H14N2O. The fourth-order valence-corrected chi connectivity index (χ4v) is 2.35. The van der Waals surface area contributed by atoms with Crippen molar-refractivity contribution < 1.29 is 5.11 Å². The van der Waals surface area contributed by atoms with E-state index in [1.807, 2.05) is 36.4 Å². The lowest BCUT2D eigenvalue weighted by Crippen LogP contribution is -2.23. The Kier molecular flexibility index (Phi) is 2.76. The van der Waals surface area contributed by atoms with Crippen LogP contribution in [0.25, 0.3) is 10.8 Å². The summed E-state index contributed by atoms with van der Waals surface area (Å²) in [6.45, 7) is 1.79. The van der Waals surface area contributed by atoms with Gasteiger partial charge in [-0.05, 0) is 30.0 Å². The Balaban J connectivity index is 2.24. The van der Waals surface area contributed by atoms with Gasteiger partial charge in [-0.1, -0.05) is 24.3 Å². The van der Waals surface area contributed by atoms with Gasteiger partial charge < -0.3 is 5.11 Å². The maximum absolute atomic E-state index is 10.9. The van der Waals surface area contributed by atoms with Crippen molar-refractivity contribution in [3.63, 3.8) is 0 Å². The van der Waals surface area contributed by atoms with Gasteiger partial charge in [0, 0.05) is 35.7 Å². The Morgan fingerprint density at radius 1 is 0.947 bits per heavy atom. The van der Waals surface area contributed by atoms with E-state index in [0.717, 1.165) is 21.9 Å². The molecule has 1 aromatic carbocycles. The molecule has 0 aliphatic heterocycles. The van der Waals surface area contributed by atoms with Crippen molar-refractivity contribution >= 4 is 10.8 Å². The predicted octanol–water partition coefficient (Wildman–Crippen LogP) is 2.89. The van der Waals surface area contributed by atoms with Crippen LogP contribution in [0.5, 0.6) is 0 Å². The van der Waals surface area contributed by atoms with Crippen LogP contribution in [0.4, 0.5) is 0 Å². The summed E-state index contributed by atoms with van der Waals surface area (Å²) < 4.78 is 0. The Hall–Kier alpha value is -2.26. The standard InChI is InChI=1S/C16H14N2O/c1-16(19,13-5-3-8-17-11-13)15-6-2-4-12-10-18-9-7-14(12)15/h2-11,19H,1H3. The maximum atomic E-state index is 10.9. The first-order chi connectivity index (χ1) is 9.19. The van der Waals surface area contributed by atoms with Crippen molar-refractivity contribution in [3.8, 4) is 0 Å². The highest BCUT2D eigenvalue weighted by Crippen LogP contribution is 2.33. The van der Waals surface area contributed by atoms with Gasteiger partial charge >= 0.3 is 0 Å². The second-order valence-electron chi connectivity index (χ2n) is 4.72. The molecule has 3 nitrogen and oxygen atoms in total. The molecule has 0 saturated carbocycles. The van der Waals surface area contributed by atoms with Gasteiger partial charge in [-0.3, -0.25) is 9.97 Å². The van der Waals surface area contributed by atoms with Gasteiger partial charge in [-0.25, -0.2) is 0 Å². The van der Waals surface area contributed by atoms with Crippen LogP contribution in [0.3, 0.4) is 0 Å². The van der Waals surface area contributed by atoms with Crippen molar-refractivity contribution in [2.24, 2.45) is 0 Å². The van der Waals surface area contributed by atoms with Crippen LogP contribution < -0.4 is 0 Å². The lowest BCUT2D eigenvalue weighted by Gasteiger charge is -2.25. The lowest BCUT2D eigenvalue weighted by atomic mass is 9.86. The second-order valence-corrected chi connectivity index (χ2v) is 4.72. The number of fused-ring (bicyclic) bond motifs is 1. The Morgan fingerprint density at radius 3 is 2.58 bits per heavy atom. The number of hydrogen-bond acceptors (Lipinski definition) is 3. The van der Waals surface area contributed by atoms with E-state index < -0.39 is 5.60 Å². The fourth-order valence-electron chi connectivity index (χ4n) is 2.35. The topological polar surface area (TPSA) is 46.0 Å². The third-order valence-corrected chi connectivity index (χ3v) is 3.43. The third kappa shape index (κ3) is 1.98. The van der Waals surface area contributed by atoms with E-state index in [1.165, 1.54) is 0 Å². The fraction of sp³-hybridized carbons (Fsp3) is 0.125. The van der Waals surface area contributed by atoms with Crippen molar-refractivity contribution in [1.82, 2.24) is 9.97 Å². The molecular weight excluding hydrogens is 236 g/mol. The monoisotopic (exact) mass is 250 g/mol. The van der Waals surface area contributed by atoms with Crippen LogP contribution in [-0.4, -0.2) is 15.1 Å². The third-order valence-electron chi connectivity index (χ3n) is 3.43. The zero-order valence-corrected chi connectivity index (χ0v) is 10.6. The van der Waals surface area contributed by atoms with E-state index >= 15 is 0 Å². The Labute approximate surface area is 111 Å². The van der Waals surface area contributed by atoms with Gasteiger partial charge in [0.15, 0.2) is 0 Å². The number of benzene rings is 1. The van der Waals surface area contributed by atoms with E-state index in [-0.39, 0.29) is 0 Å². The Morgan fingerprint density at radius 2 is 1.79 bits per heavy atom. The van der Waals surface area contributed by atoms with E-state index in [2.05, 4.69) is 9.97 Å². The van der Waals surface area contributed by atoms with Gasteiger partial charge in [0.05, 0.1) is 0 Å². The van der Waals surface area contributed by atoms with Gasteiger partial charge in [-0.15, -0.1) is 0 Å². The van der Waals surface area contributed by atoms with Crippen LogP contribution >= 0.6 is 0 Å². The van der Waals surface area contributed by atoms with E-state index in [4.69, 9.17) is 0 Å². The highest BCUT2D eigenvalue weighted by Gasteiger charge is 2.27. The molecule has 3 aromatic rings. The molecule has 3 rings (SSSR count). The molecule has 0 amide bonds. The molecule has 0 aliphatic rings. The minimum Gasteiger partial charge on any atom is -0.381 e. The summed E-state index contributed by atoms with van der Waals surface area (Å²) in [4.78, 5) is 8.20. The summed E-state index contributed by atoms with van der Waals surface area (Å²) in [5.74, 6) is 0. The zero-order chi connectivity index (χ0) is 13.3. The maximum Gasteiger partial charge on any atom is 0.114 e. The van der Waals surface area contributed by atoms with E-state index in [9.17, 15) is 5.11 Å². The summed E-state index contributed by atoms with van der Waals surface area (Å²) in [6.07, 6.45) is 6.94. The minimum atomic E-state index is -1.07. The molecule has 1 atom stereocenters. The quantitative estimate of drug-likeness (QED) is 0.760. The molecule has 1 N–H and O–H groups in total. The molecule has 0 fully saturated rings. The molecule has 3 heteroatoms. The molecule has 1 unspecified atom stereocenters. The highest BCUT2D eigenvalue weighted by molar-refractivity contribution is 5.86. The number of rotatable bonds is 2. The van der Waals surface area contributed by atoms with Crippen LogP contribution in [0.2, 0.25) is 0 Å². The van der Waals surface area contributed by atoms with Gasteiger partial charge in [0.1, 0.15) is 5.60 Å². The van der Waals surface area contributed by atoms with Crippen LogP contribution in [0.1, 0.15) is 18.1 Å². The largest absolute Gasteiger partial charge is 0.381 e. The van der Waals surface area contributed by atoms with Crippen LogP contribution in [0, 0.1) is 0 Å². The number of nitrogens with zero attached hydrogens (tertiary/aromatic N) is 2. The summed E-state index contributed by atoms with van der Waals surface area (Å²) >= 11 is 0. The van der Waals surface area contributed by atoms with Crippen molar-refractivity contribution in [1.29, 1.82) is 0 Å². The van der Waals surface area contributed by atoms with E-state index in [1.54, 1.807) is 31.7 Å². The minimum absolute atomic E-state index is 0.777. The van der Waals surface area contributed by atoms with Crippen molar-refractivity contribution in [3.05, 3.63) is 72.3 Å². The average molecular weight is 250 g/mol. The van der Waals surface area contributed by atoms with Crippen molar-refractivity contribution in [2.75, 3.05) is 0 Å². The molecule has 0 spiro atoms. The lowest BCUT2D eigenvalue weighted by molar-refractivity contribution is 0.103. The first kappa shape index (κ1) is 11.8. The summed E-state index contributed by atoms with van der Waals surface area (Å²) in [6, 6.07) is 11.5. The molecule has 19 heavy (non-hydrogen) atoms. The summed E-state index contributed by atoms with van der Waals surface area (Å²) in [5.41, 5.74) is 0.564. The first-order valence-electron chi connectivity index (χ1n) is 6.16. The number of pyridine rings is 2. The predicted molar refractivity (Wildman–Crippen MR) is 74.7 cm³/mol. The number of hydrogen-bond donors (Lipinski definition) is 1. The zero-order valence-electron chi connectivity index (χ0n) is 10.6. The normalized spacial score (nSPS) is 14.2. The van der Waals surface area contributed by atoms with Crippen molar-refractivity contribution in [2.45, 2.75) is 12.5 Å². The molecule has 2 heterocycles. The molecule has 0 radical (unpaired) electrons. The second kappa shape index (κ2) is 4.44. The SMILES string of the molecule is CC(O)(c1cccnc1)c1cccc2cnccc12. The molecule has 2 aromatic heterocycles. The number of aliphatic hydroxyl groups is 1. The highest BCUT2D eigenvalue weighted by atomic mass is 16.3. The molecule has 0 aliphatic carbocycles. The van der Waals surface area contributed by atoms with E-state index in [0.29, 0.717) is 0 Å². The smallest absolute Gasteiger partial charge is 0.114 e. The van der Waals surface area contributed by atoms with Gasteiger partial charge in [0.2, 0.25) is 0 Å². The Bertz CT molecular complexity index is 703. The average Bonchev–Trinajstić information content (AvgIpc) is 2.47. The first-order valence-corrected chi connectivity index (χ1v) is 6.16. The summed E-state index contributed by atoms with van der Waals surface area (Å²) in [5, 5.41) is 12.9.